The predicted molar refractivity (Wildman–Crippen MR) is 119 cm³/mol. The van der Waals surface area contributed by atoms with Crippen LogP contribution in [-0.4, -0.2) is 9.97 Å². The fourth-order valence-electron chi connectivity index (χ4n) is 3.44. The quantitative estimate of drug-likeness (QED) is 0.441. The van der Waals surface area contributed by atoms with Crippen LogP contribution in [0.4, 0.5) is 0 Å². The van der Waals surface area contributed by atoms with Crippen molar-refractivity contribution in [2.45, 2.75) is 33.4 Å². The van der Waals surface area contributed by atoms with E-state index in [0.29, 0.717) is 23.7 Å². The van der Waals surface area contributed by atoms with E-state index in [9.17, 15) is 4.79 Å². The van der Waals surface area contributed by atoms with E-state index in [1.165, 1.54) is 21.8 Å². The largest absolute Gasteiger partial charge is 0.309 e. The molecule has 0 saturated heterocycles. The number of aryl methyl sites for hydroxylation is 1. The molecule has 3 heterocycles. The number of rotatable bonds is 6. The maximum absolute atomic E-state index is 12.8. The second kappa shape index (κ2) is 7.99. The highest BCUT2D eigenvalue weighted by Crippen LogP contribution is 2.35. The molecule has 28 heavy (non-hydrogen) atoms. The zero-order chi connectivity index (χ0) is 19.7. The van der Waals surface area contributed by atoms with Crippen molar-refractivity contribution in [3.63, 3.8) is 0 Å². The third-order valence-electron chi connectivity index (χ3n) is 4.81. The zero-order valence-corrected chi connectivity index (χ0v) is 17.8. The summed E-state index contributed by atoms with van der Waals surface area (Å²) in [4.78, 5) is 23.6. The van der Waals surface area contributed by atoms with Crippen LogP contribution in [0.1, 0.15) is 36.2 Å². The molecule has 6 heteroatoms. The van der Waals surface area contributed by atoms with Crippen LogP contribution in [0.3, 0.4) is 0 Å². The molecule has 0 aliphatic rings. The number of hydrogen-bond acceptors (Lipinski definition) is 5. The lowest BCUT2D eigenvalue weighted by molar-refractivity contribution is 0.406. The highest BCUT2D eigenvalue weighted by atomic mass is 32.1. The fraction of sp³-hybridized carbons (Fsp3) is 0.273. The molecule has 0 aliphatic heterocycles. The molecule has 0 bridgehead atoms. The molecule has 0 spiro atoms. The lowest BCUT2D eigenvalue weighted by Crippen LogP contribution is -2.27. The monoisotopic (exact) mass is 409 g/mol. The fourth-order valence-corrected chi connectivity index (χ4v) is 5.37. The zero-order valence-electron chi connectivity index (χ0n) is 16.2. The van der Waals surface area contributed by atoms with Gasteiger partial charge in [-0.2, -0.15) is 0 Å². The number of aromatic amines is 1. The third kappa shape index (κ3) is 3.81. The van der Waals surface area contributed by atoms with E-state index in [4.69, 9.17) is 4.98 Å². The predicted octanol–water partition coefficient (Wildman–Crippen LogP) is 5.51. The van der Waals surface area contributed by atoms with Crippen molar-refractivity contribution in [1.82, 2.24) is 15.3 Å². The summed E-state index contributed by atoms with van der Waals surface area (Å²) in [5, 5.41) is 6.29. The number of nitrogens with one attached hydrogen (secondary N) is 2. The number of benzene rings is 1. The summed E-state index contributed by atoms with van der Waals surface area (Å²) in [6.45, 7) is 6.98. The summed E-state index contributed by atoms with van der Waals surface area (Å²) in [6, 6.07) is 14.8. The molecule has 1 aromatic carbocycles. The normalized spacial score (nSPS) is 12.7. The average molecular weight is 410 g/mol. The maximum atomic E-state index is 12.8. The summed E-state index contributed by atoms with van der Waals surface area (Å²) in [7, 11) is 0. The van der Waals surface area contributed by atoms with Gasteiger partial charge in [0.1, 0.15) is 10.7 Å². The van der Waals surface area contributed by atoms with Crippen LogP contribution in [0.15, 0.2) is 52.6 Å². The van der Waals surface area contributed by atoms with Crippen LogP contribution in [0.5, 0.6) is 0 Å². The molecule has 4 aromatic rings. The van der Waals surface area contributed by atoms with Crippen LogP contribution in [0, 0.1) is 12.8 Å². The van der Waals surface area contributed by atoms with E-state index in [-0.39, 0.29) is 11.6 Å². The number of H-pyrrole nitrogens is 1. The van der Waals surface area contributed by atoms with Crippen LogP contribution in [0.25, 0.3) is 20.7 Å². The number of hydrogen-bond donors (Lipinski definition) is 2. The van der Waals surface area contributed by atoms with Crippen LogP contribution < -0.4 is 10.9 Å². The second-order valence-corrected chi connectivity index (χ2v) is 9.41. The van der Waals surface area contributed by atoms with Crippen molar-refractivity contribution in [3.8, 4) is 10.4 Å². The molecule has 0 aliphatic carbocycles. The first-order valence-corrected chi connectivity index (χ1v) is 11.1. The first-order chi connectivity index (χ1) is 13.5. The minimum Gasteiger partial charge on any atom is -0.309 e. The Kier molecular flexibility index (Phi) is 5.44. The number of aromatic nitrogens is 2. The molecule has 1 atom stereocenters. The summed E-state index contributed by atoms with van der Waals surface area (Å²) in [5.41, 5.74) is 2.16. The van der Waals surface area contributed by atoms with Crippen molar-refractivity contribution in [1.29, 1.82) is 0 Å². The first kappa shape index (κ1) is 19.1. The minimum absolute atomic E-state index is 0.0649. The molecule has 0 amide bonds. The summed E-state index contributed by atoms with van der Waals surface area (Å²) in [6.07, 6.45) is 0. The van der Waals surface area contributed by atoms with Gasteiger partial charge in [0, 0.05) is 26.7 Å². The average Bonchev–Trinajstić information content (AvgIpc) is 3.29. The van der Waals surface area contributed by atoms with Gasteiger partial charge in [-0.3, -0.25) is 4.79 Å². The van der Waals surface area contributed by atoms with E-state index in [2.05, 4.69) is 67.5 Å². The van der Waals surface area contributed by atoms with Crippen LogP contribution in [0.2, 0.25) is 0 Å². The Balaban J connectivity index is 1.61. The molecule has 2 N–H and O–H groups in total. The summed E-state index contributed by atoms with van der Waals surface area (Å²) < 4.78 is 0. The van der Waals surface area contributed by atoms with Crippen molar-refractivity contribution in [2.24, 2.45) is 5.92 Å². The lowest BCUT2D eigenvalue weighted by Gasteiger charge is -2.22. The highest BCUT2D eigenvalue weighted by Gasteiger charge is 2.17. The molecule has 0 unspecified atom stereocenters. The maximum Gasteiger partial charge on any atom is 0.260 e. The van der Waals surface area contributed by atoms with Gasteiger partial charge in [0.15, 0.2) is 0 Å². The van der Waals surface area contributed by atoms with Crippen molar-refractivity contribution >= 4 is 32.9 Å². The van der Waals surface area contributed by atoms with Crippen molar-refractivity contribution in [2.75, 3.05) is 0 Å². The molecular formula is C22H23N3OS2. The Labute approximate surface area is 172 Å². The highest BCUT2D eigenvalue weighted by molar-refractivity contribution is 7.19. The van der Waals surface area contributed by atoms with Gasteiger partial charge >= 0.3 is 0 Å². The number of fused-ring (bicyclic) bond motifs is 1. The number of nitrogens with zero attached hydrogens (tertiary/aromatic N) is 1. The Hall–Kier alpha value is -2.28. The summed E-state index contributed by atoms with van der Waals surface area (Å²) in [5.74, 6) is 1.10. The summed E-state index contributed by atoms with van der Waals surface area (Å²) >= 11 is 3.23. The van der Waals surface area contributed by atoms with Crippen LogP contribution in [-0.2, 0) is 6.54 Å². The topological polar surface area (TPSA) is 57.8 Å². The Morgan fingerprint density at radius 1 is 1.14 bits per heavy atom. The van der Waals surface area contributed by atoms with E-state index >= 15 is 0 Å². The van der Waals surface area contributed by atoms with Crippen molar-refractivity contribution < 1.29 is 0 Å². The van der Waals surface area contributed by atoms with Gasteiger partial charge < -0.3 is 10.3 Å². The Bertz CT molecular complexity index is 1140. The van der Waals surface area contributed by atoms with E-state index in [0.717, 1.165) is 15.3 Å². The third-order valence-corrected chi connectivity index (χ3v) is 6.72. The second-order valence-electron chi connectivity index (χ2n) is 7.27. The molecule has 144 valence electrons. The van der Waals surface area contributed by atoms with E-state index < -0.39 is 0 Å². The smallest absolute Gasteiger partial charge is 0.260 e. The Morgan fingerprint density at radius 2 is 1.93 bits per heavy atom. The van der Waals surface area contributed by atoms with Gasteiger partial charge in [0.2, 0.25) is 0 Å². The van der Waals surface area contributed by atoms with E-state index in [1.807, 2.05) is 11.4 Å². The molecule has 3 aromatic heterocycles. The van der Waals surface area contributed by atoms with Gasteiger partial charge in [-0.15, -0.1) is 22.7 Å². The van der Waals surface area contributed by atoms with Crippen molar-refractivity contribution in [3.05, 3.63) is 74.5 Å². The van der Waals surface area contributed by atoms with Gasteiger partial charge in [0.05, 0.1) is 11.9 Å². The van der Waals surface area contributed by atoms with Gasteiger partial charge in [0.25, 0.3) is 5.56 Å². The SMILES string of the molecule is Cc1ccc(-c2csc3nc(CN[C@H](c4ccccc4)C(C)C)[nH]c(=O)c23)s1. The van der Waals surface area contributed by atoms with E-state index in [1.54, 1.807) is 11.3 Å². The van der Waals surface area contributed by atoms with Gasteiger partial charge in [-0.1, -0.05) is 44.2 Å². The van der Waals surface area contributed by atoms with Crippen LogP contribution >= 0.6 is 22.7 Å². The molecule has 4 nitrogen and oxygen atoms in total. The van der Waals surface area contributed by atoms with Gasteiger partial charge in [-0.05, 0) is 30.5 Å². The molecule has 4 rings (SSSR count). The molecular weight excluding hydrogens is 386 g/mol. The Morgan fingerprint density at radius 3 is 2.61 bits per heavy atom. The van der Waals surface area contributed by atoms with Gasteiger partial charge in [-0.25, -0.2) is 4.98 Å². The molecule has 0 fully saturated rings. The first-order valence-electron chi connectivity index (χ1n) is 9.38. The molecule has 0 saturated carbocycles. The minimum atomic E-state index is -0.0649. The number of thiophene rings is 2. The lowest BCUT2D eigenvalue weighted by atomic mass is 9.96. The standard InChI is InChI=1S/C22H23N3OS2/c1-13(2)20(15-7-5-4-6-8-15)23-11-18-24-21(26)19-16(12-27-22(19)25-18)17-10-9-14(3)28-17/h4-10,12-13,20,23H,11H2,1-3H3,(H,24,25,26)/t20-/m0/s1. The molecule has 0 radical (unpaired) electrons.